The molecule has 324 valence electrons. The van der Waals surface area contributed by atoms with E-state index in [0.29, 0.717) is 39.1 Å². The van der Waals surface area contributed by atoms with E-state index in [0.717, 1.165) is 0 Å². The number of nitrogens with one attached hydrogen (secondary N) is 11. The van der Waals surface area contributed by atoms with Crippen molar-refractivity contribution >= 4 is 99.1 Å². The van der Waals surface area contributed by atoms with E-state index in [-0.39, 0.29) is 111 Å². The fraction of sp³-hybridized carbons (Fsp3) is 0.438. The number of H-pyrrole nitrogens is 6. The lowest BCUT2D eigenvalue weighted by Crippen LogP contribution is -2.12. The van der Waals surface area contributed by atoms with E-state index in [2.05, 4.69) is 146 Å². The van der Waals surface area contributed by atoms with Gasteiger partial charge in [-0.05, 0) is 48.0 Å². The Bertz CT molecular complexity index is 2770. The third-order valence-electron chi connectivity index (χ3n) is 7.69. The Kier molecular flexibility index (Phi) is 13.2. The van der Waals surface area contributed by atoms with Crippen LogP contribution in [0.15, 0.2) is 0 Å². The summed E-state index contributed by atoms with van der Waals surface area (Å²) in [5.74, 6) is 1.82. The molecule has 0 radical (unpaired) electrons. The first kappa shape index (κ1) is 41.8. The summed E-state index contributed by atoms with van der Waals surface area (Å²) in [6.07, 6.45) is 0.444. The zero-order valence-electron chi connectivity index (χ0n) is 34.8. The van der Waals surface area contributed by atoms with Crippen molar-refractivity contribution in [2.75, 3.05) is 59.3 Å². The van der Waals surface area contributed by atoms with Crippen molar-refractivity contribution in [2.24, 2.45) is 0 Å². The summed E-state index contributed by atoms with van der Waals surface area (Å²) in [4.78, 5) is 99.7. The van der Waals surface area contributed by atoms with Gasteiger partial charge in [-0.15, -0.1) is 0 Å². The molecule has 7 heterocycles. The molecule has 0 saturated carbocycles. The van der Waals surface area contributed by atoms with E-state index in [9.17, 15) is 0 Å². The van der Waals surface area contributed by atoms with Gasteiger partial charge < -0.3 is 31.3 Å². The maximum absolute atomic E-state index is 6.02. The first-order valence-corrected chi connectivity index (χ1v) is 19.7. The third-order valence-corrected chi connectivity index (χ3v) is 7.69. The Morgan fingerprint density at radius 1 is 0.323 bits per heavy atom. The molecule has 7 aromatic heterocycles. The van der Waals surface area contributed by atoms with Gasteiger partial charge >= 0.3 is 6.01 Å². The highest BCUT2D eigenvalue weighted by Gasteiger charge is 2.09. The Hall–Kier alpha value is -8.34. The largest absolute Gasteiger partial charge is 0.460 e. The number of ether oxygens (including phenoxy) is 1. The molecule has 12 bridgehead atoms. The highest BCUT2D eigenvalue weighted by Crippen LogP contribution is 2.10. The Morgan fingerprint density at radius 2 is 0.516 bits per heavy atom. The lowest BCUT2D eigenvalue weighted by molar-refractivity contribution is 0.200. The standard InChI is InChI=1S/C32H45N29O/c1-8-14(7)62-32-60-30-57-28-46-18(36-12-5)44-26(55-28)53-24-42-16(34-10-3)40-22(51-24)49-20-38-15(33-9-2)39-21(48-20)50-23-41-17(35-11-4)43-25(52-23)54-27-45-19(37-13-6)47-29(56-27)58-31(59-30)61-32/h14H,8-13H2,1-7H3,(H11,33,34,35,36,37,38,39,40,41,42,43,44,45,46,47,48,49,50,51,52,53,54,55,56,57,58,59,60,61). The fourth-order valence-corrected chi connectivity index (χ4v) is 5.01. The van der Waals surface area contributed by atoms with Crippen LogP contribution in [-0.2, 0) is 0 Å². The predicted molar refractivity (Wildman–Crippen MR) is 228 cm³/mol. The number of rotatable bonds is 13. The van der Waals surface area contributed by atoms with Gasteiger partial charge in [0, 0.05) is 32.7 Å². The molecule has 30 nitrogen and oxygen atoms in total. The van der Waals surface area contributed by atoms with Crippen molar-refractivity contribution in [2.45, 2.75) is 61.0 Å². The number of hydrogen-bond donors (Lipinski definition) is 11. The Morgan fingerprint density at radius 3 is 0.694 bits per heavy atom. The van der Waals surface area contributed by atoms with Gasteiger partial charge in [0.1, 0.15) is 0 Å². The summed E-state index contributed by atoms with van der Waals surface area (Å²) in [7, 11) is 0. The van der Waals surface area contributed by atoms with Gasteiger partial charge in [-0.3, -0.25) is 29.9 Å². The molecule has 0 spiro atoms. The monoisotopic (exact) mass is 851 g/mol. The van der Waals surface area contributed by atoms with Gasteiger partial charge in [0.05, 0.1) is 6.10 Å². The number of hydrogen-bond acceptors (Lipinski definition) is 24. The van der Waals surface area contributed by atoms with Crippen LogP contribution in [0.4, 0.5) is 29.7 Å². The molecule has 0 fully saturated rings. The second-order valence-corrected chi connectivity index (χ2v) is 12.5. The molecule has 0 aliphatic carbocycles. The van der Waals surface area contributed by atoms with Crippen LogP contribution in [0, 0.1) is 0 Å². The van der Waals surface area contributed by atoms with Crippen LogP contribution in [0.1, 0.15) is 54.9 Å². The van der Waals surface area contributed by atoms with Gasteiger partial charge in [0.25, 0.3) is 0 Å². The molecule has 11 N–H and O–H groups in total. The average molecular weight is 852 g/mol. The maximum atomic E-state index is 6.02. The summed E-state index contributed by atoms with van der Waals surface area (Å²) in [6.45, 7) is 15.9. The molecule has 0 aliphatic rings. The molecular weight excluding hydrogens is 807 g/mol. The molecule has 0 aliphatic heterocycles. The summed E-state index contributed by atoms with van der Waals surface area (Å²) in [5.41, 5.74) is 0. The Labute approximate surface area is 349 Å². The van der Waals surface area contributed by atoms with Crippen LogP contribution in [-0.4, -0.2) is 158 Å². The SMILES string of the molecule is CCNc1nc2nc(n1)[nH]c1nc(NCC)nc(n1)[nH]c1nc(NCC)nc(n1)[nH]c1nc(OC(C)CC)nc(n1)[nH]c1nc(NCC)nc(n1)[nH]c1nc(NCC)nc(n1)[nH]2. The highest BCUT2D eigenvalue weighted by molar-refractivity contribution is 5.54. The van der Waals surface area contributed by atoms with Gasteiger partial charge in [0.2, 0.25) is 99.1 Å². The molecule has 30 heteroatoms. The molecule has 0 aromatic carbocycles. The minimum atomic E-state index is -0.237. The lowest BCUT2D eigenvalue weighted by Gasteiger charge is -2.09. The van der Waals surface area contributed by atoms with Crippen molar-refractivity contribution in [3.63, 3.8) is 0 Å². The van der Waals surface area contributed by atoms with E-state index in [1.54, 1.807) is 0 Å². The van der Waals surface area contributed by atoms with Crippen molar-refractivity contribution in [1.82, 2.24) is 120 Å². The molecule has 7 rings (SSSR count). The zero-order chi connectivity index (χ0) is 43.4. The molecule has 1 unspecified atom stereocenters. The maximum Gasteiger partial charge on any atom is 0.323 e. The predicted octanol–water partition coefficient (Wildman–Crippen LogP) is 2.08. The molecular formula is C32H45N29O. The van der Waals surface area contributed by atoms with E-state index in [1.807, 2.05) is 48.5 Å². The fourth-order valence-electron chi connectivity index (χ4n) is 5.01. The second-order valence-electron chi connectivity index (χ2n) is 12.5. The van der Waals surface area contributed by atoms with E-state index >= 15 is 0 Å². The first-order chi connectivity index (χ1) is 30.2. The van der Waals surface area contributed by atoms with Crippen LogP contribution >= 0.6 is 0 Å². The summed E-state index contributed by atoms with van der Waals surface area (Å²) < 4.78 is 6.02. The highest BCUT2D eigenvalue weighted by atomic mass is 16.5. The van der Waals surface area contributed by atoms with Gasteiger partial charge in [-0.2, -0.15) is 89.7 Å². The minimum absolute atomic E-state index is 0.00246. The minimum Gasteiger partial charge on any atom is -0.460 e. The van der Waals surface area contributed by atoms with Gasteiger partial charge in [-0.25, -0.2) is 0 Å². The van der Waals surface area contributed by atoms with Crippen LogP contribution in [0.5, 0.6) is 6.01 Å². The lowest BCUT2D eigenvalue weighted by atomic mass is 10.3. The molecule has 0 saturated heterocycles. The van der Waals surface area contributed by atoms with E-state index in [4.69, 9.17) is 4.74 Å². The van der Waals surface area contributed by atoms with Gasteiger partial charge in [0.15, 0.2) is 0 Å². The smallest absolute Gasteiger partial charge is 0.323 e. The van der Waals surface area contributed by atoms with Crippen LogP contribution in [0.25, 0.3) is 69.3 Å². The molecule has 0 amide bonds. The third kappa shape index (κ3) is 11.2. The zero-order valence-corrected chi connectivity index (χ0v) is 34.8. The van der Waals surface area contributed by atoms with Gasteiger partial charge in [-0.1, -0.05) is 6.92 Å². The summed E-state index contributed by atoms with van der Waals surface area (Å²) in [5, 5.41) is 15.5. The van der Waals surface area contributed by atoms with E-state index < -0.39 is 0 Å². The van der Waals surface area contributed by atoms with Crippen molar-refractivity contribution < 1.29 is 4.74 Å². The van der Waals surface area contributed by atoms with Crippen molar-refractivity contribution in [1.29, 1.82) is 0 Å². The van der Waals surface area contributed by atoms with Crippen molar-refractivity contribution in [3.05, 3.63) is 0 Å². The number of fused-ring (bicyclic) bond motifs is 12. The first-order valence-electron chi connectivity index (χ1n) is 19.7. The van der Waals surface area contributed by atoms with E-state index in [1.165, 1.54) is 0 Å². The number of anilines is 5. The normalized spacial score (nSPS) is 11.5. The summed E-state index contributed by atoms with van der Waals surface area (Å²) >= 11 is 0. The quantitative estimate of drug-likeness (QED) is 0.0790. The molecule has 1 atom stereocenters. The van der Waals surface area contributed by atoms with Crippen LogP contribution < -0.4 is 31.3 Å². The molecule has 7 aromatic rings. The van der Waals surface area contributed by atoms with Crippen molar-refractivity contribution in [3.8, 4) is 6.01 Å². The second kappa shape index (κ2) is 19.6. The number of aromatic amines is 6. The Balaban J connectivity index is 1.63. The van der Waals surface area contributed by atoms with Crippen LogP contribution in [0.2, 0.25) is 0 Å². The topological polar surface area (TPSA) is 396 Å². The van der Waals surface area contributed by atoms with Crippen LogP contribution in [0.3, 0.4) is 0 Å². The number of nitrogens with zero attached hydrogens (tertiary/aromatic N) is 18. The number of aromatic nitrogens is 24. The summed E-state index contributed by atoms with van der Waals surface area (Å²) in [6, 6.07) is 0.00246. The molecule has 62 heavy (non-hydrogen) atoms. The average Bonchev–Trinajstić information content (AvgIpc) is 3.21.